The van der Waals surface area contributed by atoms with Gasteiger partial charge in [-0.25, -0.2) is 0 Å². The monoisotopic (exact) mass is 311 g/mol. The minimum Gasteiger partial charge on any atom is -0.342 e. The van der Waals surface area contributed by atoms with Gasteiger partial charge in [0.2, 0.25) is 5.91 Å². The smallest absolute Gasteiger partial charge is 0.222 e. The molecule has 1 saturated heterocycles. The first-order valence-corrected chi connectivity index (χ1v) is 8.06. The van der Waals surface area contributed by atoms with Crippen LogP contribution in [-0.4, -0.2) is 34.8 Å². The Morgan fingerprint density at radius 2 is 2.30 bits per heavy atom. The third-order valence-electron chi connectivity index (χ3n) is 3.38. The number of hydrogen-bond acceptors (Lipinski definition) is 3. The topological polar surface area (TPSA) is 37.4 Å². The molecule has 0 saturated carbocycles. The van der Waals surface area contributed by atoms with E-state index in [1.54, 1.807) is 6.92 Å². The molecule has 0 N–H and O–H groups in total. The van der Waals surface area contributed by atoms with Gasteiger partial charge in [0.1, 0.15) is 0 Å². The quantitative estimate of drug-likeness (QED) is 0.839. The van der Waals surface area contributed by atoms with Gasteiger partial charge in [0.15, 0.2) is 5.12 Å². The minimum atomic E-state index is 0.120. The molecule has 1 amide bonds. The Labute approximate surface area is 128 Å². The summed E-state index contributed by atoms with van der Waals surface area (Å²) < 4.78 is 0. The lowest BCUT2D eigenvalue weighted by atomic mass is 10.1. The third kappa shape index (κ3) is 4.53. The number of thioether (sulfide) groups is 1. The second-order valence-electron chi connectivity index (χ2n) is 5.09. The van der Waals surface area contributed by atoms with Gasteiger partial charge in [0, 0.05) is 37.2 Å². The van der Waals surface area contributed by atoms with E-state index in [0.29, 0.717) is 12.3 Å². The number of nitrogens with zero attached hydrogens (tertiary/aromatic N) is 1. The van der Waals surface area contributed by atoms with Crippen LogP contribution in [0.2, 0.25) is 5.02 Å². The fourth-order valence-corrected chi connectivity index (χ4v) is 3.28. The first kappa shape index (κ1) is 15.4. The summed E-state index contributed by atoms with van der Waals surface area (Å²) in [7, 11) is 0. The van der Waals surface area contributed by atoms with E-state index in [0.717, 1.165) is 35.8 Å². The van der Waals surface area contributed by atoms with Gasteiger partial charge in [-0.1, -0.05) is 35.5 Å². The molecule has 1 fully saturated rings. The number of rotatable bonds is 5. The summed E-state index contributed by atoms with van der Waals surface area (Å²) in [5.41, 5.74) is 1.15. The molecule has 1 aromatic carbocycles. The normalized spacial score (nSPS) is 18.6. The molecule has 1 unspecified atom stereocenters. The molecule has 5 heteroatoms. The summed E-state index contributed by atoms with van der Waals surface area (Å²) in [5, 5.41) is 0.848. The zero-order chi connectivity index (χ0) is 14.5. The van der Waals surface area contributed by atoms with Crippen molar-refractivity contribution < 1.29 is 9.59 Å². The summed E-state index contributed by atoms with van der Waals surface area (Å²) in [6, 6.07) is 7.73. The summed E-state index contributed by atoms with van der Waals surface area (Å²) in [5.74, 6) is 1.24. The van der Waals surface area contributed by atoms with E-state index >= 15 is 0 Å². The molecule has 20 heavy (non-hydrogen) atoms. The molecular weight excluding hydrogens is 294 g/mol. The van der Waals surface area contributed by atoms with Gasteiger partial charge in [-0.05, 0) is 30.0 Å². The number of carbonyl (C=O) groups is 2. The standard InChI is InChI=1S/C15H18ClNO2S/c1-11(18)20-10-13-8-15(19)17(9-13)6-5-12-3-2-4-14(16)7-12/h2-4,7,13H,5-6,8-10H2,1H3. The van der Waals surface area contributed by atoms with E-state index in [2.05, 4.69) is 0 Å². The number of benzene rings is 1. The number of carbonyl (C=O) groups excluding carboxylic acids is 2. The van der Waals surface area contributed by atoms with E-state index in [1.807, 2.05) is 29.2 Å². The molecule has 0 radical (unpaired) electrons. The molecular formula is C15H18ClNO2S. The van der Waals surface area contributed by atoms with Crippen LogP contribution < -0.4 is 0 Å². The maximum Gasteiger partial charge on any atom is 0.222 e. The fourth-order valence-electron chi connectivity index (χ4n) is 2.37. The van der Waals surface area contributed by atoms with Crippen molar-refractivity contribution in [2.24, 2.45) is 5.92 Å². The van der Waals surface area contributed by atoms with Crippen LogP contribution >= 0.6 is 23.4 Å². The van der Waals surface area contributed by atoms with Crippen LogP contribution in [0.1, 0.15) is 18.9 Å². The Balaban J connectivity index is 1.81. The van der Waals surface area contributed by atoms with Crippen molar-refractivity contribution >= 4 is 34.4 Å². The van der Waals surface area contributed by atoms with Crippen molar-refractivity contribution in [3.05, 3.63) is 34.9 Å². The Morgan fingerprint density at radius 3 is 3.00 bits per heavy atom. The van der Waals surface area contributed by atoms with E-state index in [9.17, 15) is 9.59 Å². The highest BCUT2D eigenvalue weighted by atomic mass is 35.5. The lowest BCUT2D eigenvalue weighted by Gasteiger charge is -2.16. The van der Waals surface area contributed by atoms with Gasteiger partial charge in [-0.2, -0.15) is 0 Å². The molecule has 1 aliphatic rings. The lowest BCUT2D eigenvalue weighted by molar-refractivity contribution is -0.127. The average Bonchev–Trinajstić information content (AvgIpc) is 2.75. The van der Waals surface area contributed by atoms with Crippen LogP contribution in [0.4, 0.5) is 0 Å². The summed E-state index contributed by atoms with van der Waals surface area (Å²) in [4.78, 5) is 24.8. The summed E-state index contributed by atoms with van der Waals surface area (Å²) >= 11 is 7.26. The highest BCUT2D eigenvalue weighted by Crippen LogP contribution is 2.22. The molecule has 0 aromatic heterocycles. The molecule has 2 rings (SSSR count). The van der Waals surface area contributed by atoms with Gasteiger partial charge in [0.25, 0.3) is 0 Å². The number of halogens is 1. The van der Waals surface area contributed by atoms with Gasteiger partial charge in [-0.15, -0.1) is 0 Å². The molecule has 0 spiro atoms. The lowest BCUT2D eigenvalue weighted by Crippen LogP contribution is -2.27. The Kier molecular flexibility index (Phi) is 5.49. The highest BCUT2D eigenvalue weighted by Gasteiger charge is 2.29. The van der Waals surface area contributed by atoms with Crippen molar-refractivity contribution in [3.63, 3.8) is 0 Å². The Hall–Kier alpha value is -1.00. The molecule has 1 aromatic rings. The van der Waals surface area contributed by atoms with Crippen LogP contribution in [0.5, 0.6) is 0 Å². The van der Waals surface area contributed by atoms with E-state index in [-0.39, 0.29) is 11.0 Å². The molecule has 1 heterocycles. The molecule has 0 bridgehead atoms. The SMILES string of the molecule is CC(=O)SCC1CC(=O)N(CCc2cccc(Cl)c2)C1. The van der Waals surface area contributed by atoms with Gasteiger partial charge >= 0.3 is 0 Å². The molecule has 108 valence electrons. The van der Waals surface area contributed by atoms with Crippen LogP contribution in [-0.2, 0) is 16.0 Å². The summed E-state index contributed by atoms with van der Waals surface area (Å²) in [6.07, 6.45) is 1.38. The first-order valence-electron chi connectivity index (χ1n) is 6.70. The first-order chi connectivity index (χ1) is 9.54. The van der Waals surface area contributed by atoms with Crippen molar-refractivity contribution in [3.8, 4) is 0 Å². The Bertz CT molecular complexity index is 506. The zero-order valence-electron chi connectivity index (χ0n) is 11.5. The van der Waals surface area contributed by atoms with Crippen molar-refractivity contribution in [1.82, 2.24) is 4.90 Å². The van der Waals surface area contributed by atoms with Crippen LogP contribution in [0.25, 0.3) is 0 Å². The molecule has 3 nitrogen and oxygen atoms in total. The highest BCUT2D eigenvalue weighted by molar-refractivity contribution is 8.13. The second kappa shape index (κ2) is 7.14. The molecule has 1 atom stereocenters. The van der Waals surface area contributed by atoms with Gasteiger partial charge in [0.05, 0.1) is 0 Å². The van der Waals surface area contributed by atoms with Gasteiger partial charge < -0.3 is 4.90 Å². The predicted molar refractivity (Wildman–Crippen MR) is 83.0 cm³/mol. The van der Waals surface area contributed by atoms with Crippen LogP contribution in [0.3, 0.4) is 0 Å². The number of hydrogen-bond donors (Lipinski definition) is 0. The van der Waals surface area contributed by atoms with E-state index < -0.39 is 0 Å². The van der Waals surface area contributed by atoms with Gasteiger partial charge in [-0.3, -0.25) is 9.59 Å². The third-order valence-corrected chi connectivity index (χ3v) is 4.66. The maximum absolute atomic E-state index is 11.9. The van der Waals surface area contributed by atoms with Crippen molar-refractivity contribution in [2.45, 2.75) is 19.8 Å². The maximum atomic E-state index is 11.9. The minimum absolute atomic E-state index is 0.120. The number of likely N-dealkylation sites (tertiary alicyclic amines) is 1. The van der Waals surface area contributed by atoms with Crippen LogP contribution in [0, 0.1) is 5.92 Å². The van der Waals surface area contributed by atoms with Crippen molar-refractivity contribution in [1.29, 1.82) is 0 Å². The molecule has 0 aliphatic carbocycles. The number of amides is 1. The summed E-state index contributed by atoms with van der Waals surface area (Å²) in [6.45, 7) is 3.05. The fraction of sp³-hybridized carbons (Fsp3) is 0.467. The molecule has 1 aliphatic heterocycles. The predicted octanol–water partition coefficient (Wildman–Crippen LogP) is 3.01. The average molecular weight is 312 g/mol. The largest absolute Gasteiger partial charge is 0.342 e. The van der Waals surface area contributed by atoms with E-state index in [4.69, 9.17) is 11.6 Å². The van der Waals surface area contributed by atoms with Crippen molar-refractivity contribution in [2.75, 3.05) is 18.8 Å². The van der Waals surface area contributed by atoms with Crippen LogP contribution in [0.15, 0.2) is 24.3 Å². The second-order valence-corrected chi connectivity index (χ2v) is 6.73. The Morgan fingerprint density at radius 1 is 1.50 bits per heavy atom. The van der Waals surface area contributed by atoms with E-state index in [1.165, 1.54) is 11.8 Å². The zero-order valence-corrected chi connectivity index (χ0v) is 13.0.